The van der Waals surface area contributed by atoms with Gasteiger partial charge in [-0.25, -0.2) is 9.59 Å². The molecule has 6 atom stereocenters. The third-order valence-electron chi connectivity index (χ3n) is 11.9. The minimum Gasteiger partial charge on any atom is -0.505 e. The molecule has 67 heavy (non-hydrogen) atoms. The van der Waals surface area contributed by atoms with Gasteiger partial charge in [0.2, 0.25) is 5.76 Å². The molecule has 0 aromatic carbocycles. The molecule has 2 aliphatic heterocycles. The van der Waals surface area contributed by atoms with Crippen molar-refractivity contribution in [1.29, 1.82) is 0 Å². The summed E-state index contributed by atoms with van der Waals surface area (Å²) in [6.07, 6.45) is 19.3. The molecule has 360 valence electrons. The monoisotopic (exact) mass is 924 g/mol. The first-order chi connectivity index (χ1) is 31.3. The zero-order chi connectivity index (χ0) is 50.1. The highest BCUT2D eigenvalue weighted by Crippen LogP contribution is 2.42. The maximum Gasteiger partial charge on any atom is 0.378 e. The number of ketones is 2. The first-order valence-electron chi connectivity index (χ1n) is 21.9. The lowest BCUT2D eigenvalue weighted by Crippen LogP contribution is -2.44. The number of aliphatic hydroxyl groups is 6. The summed E-state index contributed by atoms with van der Waals surface area (Å²) in [6.45, 7) is 22.3. The lowest BCUT2D eigenvalue weighted by atomic mass is 9.71. The number of Topliss-reactive ketones (excluding diaryl/α,β-unsaturated/α-hetero) is 2. The molecule has 2 heterocycles. The van der Waals surface area contributed by atoms with Crippen LogP contribution < -0.4 is 0 Å². The summed E-state index contributed by atoms with van der Waals surface area (Å²) in [4.78, 5) is 50.6. The van der Waals surface area contributed by atoms with Crippen molar-refractivity contribution in [3.8, 4) is 0 Å². The van der Waals surface area contributed by atoms with Crippen LogP contribution in [0.2, 0.25) is 0 Å². The van der Waals surface area contributed by atoms with E-state index in [1.807, 2.05) is 140 Å². The van der Waals surface area contributed by atoms with Crippen molar-refractivity contribution in [2.45, 2.75) is 119 Å². The van der Waals surface area contributed by atoms with Gasteiger partial charge < -0.3 is 49.6 Å². The van der Waals surface area contributed by atoms with Crippen LogP contribution in [0.25, 0.3) is 0 Å². The number of aliphatic hydroxyl groups excluding tert-OH is 6. The predicted octanol–water partition coefficient (Wildman–Crippen LogP) is 8.70. The molecule has 4 aliphatic rings. The van der Waals surface area contributed by atoms with E-state index >= 15 is 0 Å². The number of ether oxygens (including phenoxy) is 4. The lowest BCUT2D eigenvalue weighted by molar-refractivity contribution is -0.172. The van der Waals surface area contributed by atoms with E-state index in [0.29, 0.717) is 17.6 Å². The molecule has 0 spiro atoms. The van der Waals surface area contributed by atoms with E-state index < -0.39 is 88.2 Å². The maximum absolute atomic E-state index is 13.3. The molecule has 6 unspecified atom stereocenters. The minimum atomic E-state index is -2.14. The number of allylic oxidation sites excluding steroid dienone is 20. The number of hydrogen-bond donors (Lipinski definition) is 6. The van der Waals surface area contributed by atoms with Crippen LogP contribution in [0.4, 0.5) is 0 Å². The Kier molecular flexibility index (Phi) is 17.7. The van der Waals surface area contributed by atoms with Gasteiger partial charge in [0, 0.05) is 6.42 Å². The van der Waals surface area contributed by atoms with E-state index in [9.17, 15) is 49.8 Å². The van der Waals surface area contributed by atoms with Crippen LogP contribution in [0.3, 0.4) is 0 Å². The molecule has 6 N–H and O–H groups in total. The van der Waals surface area contributed by atoms with Gasteiger partial charge in [0.1, 0.15) is 12.2 Å². The molecule has 0 saturated heterocycles. The van der Waals surface area contributed by atoms with Gasteiger partial charge in [0.05, 0.1) is 6.61 Å². The second-order valence-corrected chi connectivity index (χ2v) is 18.4. The Bertz CT molecular complexity index is 2430. The molecule has 0 amide bonds. The summed E-state index contributed by atoms with van der Waals surface area (Å²) in [5.41, 5.74) is 5.57. The largest absolute Gasteiger partial charge is 0.505 e. The summed E-state index contributed by atoms with van der Waals surface area (Å²) in [5, 5.41) is 59.9. The van der Waals surface area contributed by atoms with E-state index in [4.69, 9.17) is 14.2 Å². The molecule has 0 aromatic heterocycles. The Labute approximate surface area is 392 Å². The minimum absolute atomic E-state index is 0.118. The van der Waals surface area contributed by atoms with Gasteiger partial charge in [0.15, 0.2) is 59.0 Å². The Balaban J connectivity index is 1.27. The van der Waals surface area contributed by atoms with E-state index in [2.05, 4.69) is 11.3 Å². The van der Waals surface area contributed by atoms with E-state index in [1.54, 1.807) is 13.8 Å². The van der Waals surface area contributed by atoms with Crippen LogP contribution in [-0.4, -0.2) is 97.4 Å². The SMILES string of the molecule is C=C1OC(C(O)COC2CC(C)(C)C(/C=C/C(C)=C/C=C/C(C)=C/C=C/C=C(C)/C=C/C=C(C)/C=C/C3=C(C)C(=O)C(OC(=O)C(O)C4OC(=O)C(O)=C4O)CC3(C)C)=C(C)C2=O)C(O)=C1O. The lowest BCUT2D eigenvalue weighted by Gasteiger charge is -2.37. The van der Waals surface area contributed by atoms with E-state index in [0.717, 1.165) is 33.4 Å². The average Bonchev–Trinajstić information content (AvgIpc) is 3.67. The molecule has 0 bridgehead atoms. The van der Waals surface area contributed by atoms with Crippen molar-refractivity contribution in [2.75, 3.05) is 6.61 Å². The van der Waals surface area contributed by atoms with Crippen LogP contribution in [-0.2, 0) is 38.1 Å². The molecule has 0 saturated carbocycles. The summed E-state index contributed by atoms with van der Waals surface area (Å²) in [5.74, 6) is -6.48. The average molecular weight is 925 g/mol. The smallest absolute Gasteiger partial charge is 0.378 e. The Morgan fingerprint density at radius 1 is 0.672 bits per heavy atom. The van der Waals surface area contributed by atoms with Crippen molar-refractivity contribution in [2.24, 2.45) is 10.8 Å². The van der Waals surface area contributed by atoms with Gasteiger partial charge in [-0.15, -0.1) is 0 Å². The third kappa shape index (κ3) is 13.3. The zero-order valence-corrected chi connectivity index (χ0v) is 39.8. The van der Waals surface area contributed by atoms with Crippen LogP contribution in [0.5, 0.6) is 0 Å². The van der Waals surface area contributed by atoms with E-state index in [-0.39, 0.29) is 24.6 Å². The fraction of sp³-hybridized carbons (Fsp3) is 0.396. The number of carbonyl (C=O) groups is 4. The number of carbonyl (C=O) groups excluding carboxylic acids is 4. The van der Waals surface area contributed by atoms with Crippen LogP contribution in [0.1, 0.15) is 82.1 Å². The highest BCUT2D eigenvalue weighted by atomic mass is 16.6. The van der Waals surface area contributed by atoms with Gasteiger partial charge in [-0.1, -0.05) is 142 Å². The van der Waals surface area contributed by atoms with Crippen molar-refractivity contribution < 1.29 is 68.8 Å². The summed E-state index contributed by atoms with van der Waals surface area (Å²) in [7, 11) is 0. The standard InChI is InChI=1S/C53H64O14/c1-29(18-14-20-31(3)22-24-36-33(5)41(55)39(26-52(36,8)9)64-28-38(54)48-44(58)43(57)35(7)65-48)16-12-13-17-30(2)19-15-21-32(4)23-25-37-34(6)42(56)40(27-53(37,10)11)66-51(63)47(61)49-45(59)46(60)50(62)67-49/h12-25,38-40,47-49,54,57-61H,7,26-28H2,1-6,8-11H3/b13-12+,18-14+,19-15+,24-22+,25-23+,29-16+,30-17+,31-20+,32-21+. The van der Waals surface area contributed by atoms with Gasteiger partial charge in [-0.2, -0.15) is 0 Å². The van der Waals surface area contributed by atoms with Crippen molar-refractivity contribution >= 4 is 23.5 Å². The molecular formula is C53H64O14. The Morgan fingerprint density at radius 3 is 1.55 bits per heavy atom. The van der Waals surface area contributed by atoms with E-state index in [1.165, 1.54) is 0 Å². The van der Waals surface area contributed by atoms with Gasteiger partial charge in [-0.05, 0) is 81.1 Å². The van der Waals surface area contributed by atoms with Gasteiger partial charge in [-0.3, -0.25) is 9.59 Å². The highest BCUT2D eigenvalue weighted by molar-refractivity contribution is 6.02. The Morgan fingerprint density at radius 2 is 1.10 bits per heavy atom. The quantitative estimate of drug-likeness (QED) is 0.0593. The number of hydrogen-bond acceptors (Lipinski definition) is 14. The maximum atomic E-state index is 13.3. The van der Waals surface area contributed by atoms with Gasteiger partial charge >= 0.3 is 11.9 Å². The molecule has 14 nitrogen and oxygen atoms in total. The second kappa shape index (κ2) is 22.3. The summed E-state index contributed by atoms with van der Waals surface area (Å²) >= 11 is 0. The van der Waals surface area contributed by atoms with Crippen LogP contribution in [0, 0.1) is 10.8 Å². The fourth-order valence-corrected chi connectivity index (χ4v) is 7.92. The highest BCUT2D eigenvalue weighted by Gasteiger charge is 2.46. The predicted molar refractivity (Wildman–Crippen MR) is 253 cm³/mol. The molecule has 0 fully saturated rings. The van der Waals surface area contributed by atoms with Gasteiger partial charge in [0.25, 0.3) is 0 Å². The normalized spacial score (nSPS) is 25.6. The van der Waals surface area contributed by atoms with Crippen LogP contribution in [0.15, 0.2) is 165 Å². The molecule has 2 aliphatic carbocycles. The topological polar surface area (TPSA) is 227 Å². The summed E-state index contributed by atoms with van der Waals surface area (Å²) in [6, 6.07) is 0. The number of cyclic esters (lactones) is 1. The van der Waals surface area contributed by atoms with Crippen molar-refractivity contribution in [3.05, 3.63) is 165 Å². The van der Waals surface area contributed by atoms with Crippen molar-refractivity contribution in [3.63, 3.8) is 0 Å². The van der Waals surface area contributed by atoms with Crippen LogP contribution >= 0.6 is 0 Å². The Hall–Kier alpha value is -6.48. The molecular weight excluding hydrogens is 861 g/mol. The second-order valence-electron chi connectivity index (χ2n) is 18.4. The molecule has 14 heteroatoms. The number of esters is 2. The molecule has 0 aromatic rings. The number of rotatable bonds is 17. The zero-order valence-electron chi connectivity index (χ0n) is 39.8. The first kappa shape index (κ1) is 53.1. The first-order valence-corrected chi connectivity index (χ1v) is 21.9. The molecule has 4 rings (SSSR count). The third-order valence-corrected chi connectivity index (χ3v) is 11.9. The fourth-order valence-electron chi connectivity index (χ4n) is 7.92. The summed E-state index contributed by atoms with van der Waals surface area (Å²) < 4.78 is 21.0. The van der Waals surface area contributed by atoms with Crippen molar-refractivity contribution in [1.82, 2.24) is 0 Å². The molecule has 0 radical (unpaired) electrons.